The van der Waals surface area contributed by atoms with Gasteiger partial charge in [-0.25, -0.2) is 9.48 Å². The zero-order chi connectivity index (χ0) is 24.7. The van der Waals surface area contributed by atoms with Crippen LogP contribution in [0.25, 0.3) is 5.69 Å². The molecule has 2 amide bonds. The second kappa shape index (κ2) is 8.33. The SMILES string of the molecule is CC(=O)Oc1c([C@@]2(NC(=O)OC(C)(C)C)C(=O)Nc3ccccc32)c(C)nn1-c1ccccc1. The number of ether oxygens (including phenoxy) is 2. The lowest BCUT2D eigenvalue weighted by atomic mass is 9.83. The summed E-state index contributed by atoms with van der Waals surface area (Å²) in [5.41, 5.74) is -0.308. The van der Waals surface area contributed by atoms with Crippen molar-refractivity contribution in [3.05, 3.63) is 71.4 Å². The van der Waals surface area contributed by atoms with Gasteiger partial charge in [0.1, 0.15) is 5.60 Å². The van der Waals surface area contributed by atoms with Gasteiger partial charge in [-0.3, -0.25) is 14.9 Å². The van der Waals surface area contributed by atoms with Crippen molar-refractivity contribution in [1.82, 2.24) is 15.1 Å². The number of nitrogens with zero attached hydrogens (tertiary/aromatic N) is 2. The number of amides is 2. The minimum absolute atomic E-state index is 0.0270. The van der Waals surface area contributed by atoms with Crippen LogP contribution in [0.5, 0.6) is 5.88 Å². The first-order chi connectivity index (χ1) is 16.0. The highest BCUT2D eigenvalue weighted by molar-refractivity contribution is 6.10. The summed E-state index contributed by atoms with van der Waals surface area (Å²) in [5.74, 6) is -1.10. The number of hydrogen-bond acceptors (Lipinski definition) is 6. The van der Waals surface area contributed by atoms with Crippen LogP contribution >= 0.6 is 0 Å². The molecule has 1 aliphatic rings. The van der Waals surface area contributed by atoms with Crippen LogP contribution in [0.1, 0.15) is 44.5 Å². The van der Waals surface area contributed by atoms with E-state index < -0.39 is 29.1 Å². The first kappa shape index (κ1) is 23.0. The zero-order valence-corrected chi connectivity index (χ0v) is 19.6. The van der Waals surface area contributed by atoms with E-state index in [1.165, 1.54) is 11.6 Å². The molecule has 0 spiro atoms. The molecule has 1 aliphatic heterocycles. The predicted molar refractivity (Wildman–Crippen MR) is 125 cm³/mol. The Morgan fingerprint density at radius 3 is 2.35 bits per heavy atom. The Balaban J connectivity index is 2.00. The van der Waals surface area contributed by atoms with E-state index in [-0.39, 0.29) is 11.4 Å². The summed E-state index contributed by atoms with van der Waals surface area (Å²) in [6.07, 6.45) is -0.806. The van der Waals surface area contributed by atoms with Gasteiger partial charge in [0.15, 0.2) is 5.54 Å². The maximum absolute atomic E-state index is 13.6. The van der Waals surface area contributed by atoms with Gasteiger partial charge in [0.25, 0.3) is 5.91 Å². The topological polar surface area (TPSA) is 112 Å². The third-order valence-corrected chi connectivity index (χ3v) is 5.24. The maximum atomic E-state index is 13.6. The van der Waals surface area contributed by atoms with Crippen molar-refractivity contribution >= 4 is 23.7 Å². The Morgan fingerprint density at radius 2 is 1.71 bits per heavy atom. The van der Waals surface area contributed by atoms with Crippen molar-refractivity contribution in [2.75, 3.05) is 5.32 Å². The summed E-state index contributed by atoms with van der Waals surface area (Å²) in [6, 6.07) is 16.0. The summed E-state index contributed by atoms with van der Waals surface area (Å²) < 4.78 is 12.6. The Hall–Kier alpha value is -4.14. The largest absolute Gasteiger partial charge is 0.444 e. The molecule has 34 heavy (non-hydrogen) atoms. The lowest BCUT2D eigenvalue weighted by molar-refractivity contribution is -0.132. The minimum Gasteiger partial charge on any atom is -0.444 e. The van der Waals surface area contributed by atoms with Gasteiger partial charge in [-0.05, 0) is 45.9 Å². The summed E-state index contributed by atoms with van der Waals surface area (Å²) in [7, 11) is 0. The minimum atomic E-state index is -1.75. The molecule has 2 aromatic carbocycles. The number of para-hydroxylation sites is 2. The summed E-state index contributed by atoms with van der Waals surface area (Å²) in [6.45, 7) is 8.13. The van der Waals surface area contributed by atoms with Crippen molar-refractivity contribution in [2.24, 2.45) is 0 Å². The van der Waals surface area contributed by atoms with Crippen LogP contribution in [-0.4, -0.2) is 33.4 Å². The Labute approximate surface area is 197 Å². The number of aromatic nitrogens is 2. The van der Waals surface area contributed by atoms with E-state index in [1.807, 2.05) is 18.2 Å². The highest BCUT2D eigenvalue weighted by Crippen LogP contribution is 2.46. The Bertz CT molecular complexity index is 1280. The molecule has 3 aromatic rings. The molecule has 1 atom stereocenters. The summed E-state index contributed by atoms with van der Waals surface area (Å²) in [4.78, 5) is 38.8. The van der Waals surface area contributed by atoms with E-state index >= 15 is 0 Å². The van der Waals surface area contributed by atoms with E-state index in [9.17, 15) is 14.4 Å². The van der Waals surface area contributed by atoms with Gasteiger partial charge < -0.3 is 14.8 Å². The number of carbonyl (C=O) groups excluding carboxylic acids is 3. The first-order valence-corrected chi connectivity index (χ1v) is 10.8. The standard InChI is InChI=1S/C25H26N4O5/c1-15-20(21(33-16(2)30)29(28-15)17-11-7-6-8-12-17)25(27-23(32)34-24(3,4)5)18-13-9-10-14-19(18)26-22(25)31/h6-14H,1-5H3,(H,26,31)(H,27,32)/t25-/m1/s1. The third-order valence-electron chi connectivity index (χ3n) is 5.24. The van der Waals surface area contributed by atoms with Crippen LogP contribution in [0.2, 0.25) is 0 Å². The van der Waals surface area contributed by atoms with E-state index in [0.29, 0.717) is 22.6 Å². The molecule has 0 bridgehead atoms. The fourth-order valence-electron chi connectivity index (χ4n) is 4.06. The molecule has 9 nitrogen and oxygen atoms in total. The molecule has 0 aliphatic carbocycles. The fourth-order valence-corrected chi connectivity index (χ4v) is 4.06. The molecule has 1 aromatic heterocycles. The average Bonchev–Trinajstić information content (AvgIpc) is 3.21. The van der Waals surface area contributed by atoms with Crippen LogP contribution in [-0.2, 0) is 19.9 Å². The monoisotopic (exact) mass is 462 g/mol. The number of anilines is 1. The van der Waals surface area contributed by atoms with Crippen LogP contribution in [0.4, 0.5) is 10.5 Å². The summed E-state index contributed by atoms with van der Waals surface area (Å²) in [5, 5.41) is 10.2. The van der Waals surface area contributed by atoms with E-state index in [2.05, 4.69) is 15.7 Å². The molecule has 2 heterocycles. The summed E-state index contributed by atoms with van der Waals surface area (Å²) >= 11 is 0. The highest BCUT2D eigenvalue weighted by atomic mass is 16.6. The zero-order valence-electron chi connectivity index (χ0n) is 19.6. The van der Waals surface area contributed by atoms with E-state index in [4.69, 9.17) is 9.47 Å². The van der Waals surface area contributed by atoms with E-state index in [0.717, 1.165) is 0 Å². The molecular weight excluding hydrogens is 436 g/mol. The molecule has 176 valence electrons. The molecule has 2 N–H and O–H groups in total. The number of esters is 1. The number of benzene rings is 2. The molecule has 0 radical (unpaired) electrons. The smallest absolute Gasteiger partial charge is 0.409 e. The van der Waals surface area contributed by atoms with Crippen LogP contribution in [0.3, 0.4) is 0 Å². The van der Waals surface area contributed by atoms with Gasteiger partial charge in [0, 0.05) is 18.2 Å². The number of alkyl carbamates (subject to hydrolysis) is 1. The number of fused-ring (bicyclic) bond motifs is 1. The van der Waals surface area contributed by atoms with Crippen molar-refractivity contribution in [3.63, 3.8) is 0 Å². The van der Waals surface area contributed by atoms with Crippen molar-refractivity contribution in [2.45, 2.75) is 45.8 Å². The molecule has 4 rings (SSSR count). The van der Waals surface area contributed by atoms with E-state index in [1.54, 1.807) is 64.1 Å². The quantitative estimate of drug-likeness (QED) is 0.570. The van der Waals surface area contributed by atoms with Crippen LogP contribution in [0, 0.1) is 6.92 Å². The van der Waals surface area contributed by atoms with Gasteiger partial charge in [0.05, 0.1) is 16.9 Å². The highest BCUT2D eigenvalue weighted by Gasteiger charge is 2.54. The Morgan fingerprint density at radius 1 is 1.06 bits per heavy atom. The van der Waals surface area contributed by atoms with Crippen molar-refractivity contribution in [1.29, 1.82) is 0 Å². The lowest BCUT2D eigenvalue weighted by Crippen LogP contribution is -2.53. The first-order valence-electron chi connectivity index (χ1n) is 10.8. The second-order valence-electron chi connectivity index (χ2n) is 8.98. The van der Waals surface area contributed by atoms with Crippen LogP contribution < -0.4 is 15.4 Å². The molecular formula is C25H26N4O5. The van der Waals surface area contributed by atoms with Gasteiger partial charge in [0.2, 0.25) is 5.88 Å². The van der Waals surface area contributed by atoms with Gasteiger partial charge in [-0.2, -0.15) is 5.10 Å². The molecule has 0 unspecified atom stereocenters. The normalized spacial score (nSPS) is 17.0. The number of carbonyl (C=O) groups is 3. The molecule has 0 saturated heterocycles. The van der Waals surface area contributed by atoms with Crippen molar-refractivity contribution < 1.29 is 23.9 Å². The molecule has 0 fully saturated rings. The maximum Gasteiger partial charge on any atom is 0.409 e. The van der Waals surface area contributed by atoms with Gasteiger partial charge in [-0.15, -0.1) is 0 Å². The lowest BCUT2D eigenvalue weighted by Gasteiger charge is -2.31. The van der Waals surface area contributed by atoms with Crippen LogP contribution in [0.15, 0.2) is 54.6 Å². The molecule has 9 heteroatoms. The number of aryl methyl sites for hydroxylation is 1. The van der Waals surface area contributed by atoms with Gasteiger partial charge in [-0.1, -0.05) is 36.4 Å². The Kier molecular flexibility index (Phi) is 5.64. The second-order valence-corrected chi connectivity index (χ2v) is 8.98. The number of hydrogen-bond donors (Lipinski definition) is 2. The number of nitrogens with one attached hydrogen (secondary N) is 2. The third kappa shape index (κ3) is 4.00. The molecule has 0 saturated carbocycles. The van der Waals surface area contributed by atoms with Gasteiger partial charge >= 0.3 is 12.1 Å². The van der Waals surface area contributed by atoms with Crippen molar-refractivity contribution in [3.8, 4) is 11.6 Å². The average molecular weight is 463 g/mol. The predicted octanol–water partition coefficient (Wildman–Crippen LogP) is 3.83. The number of rotatable bonds is 4. The fraction of sp³-hybridized carbons (Fsp3) is 0.280.